The van der Waals surface area contributed by atoms with Gasteiger partial charge in [0.25, 0.3) is 5.56 Å². The summed E-state index contributed by atoms with van der Waals surface area (Å²) in [5.41, 5.74) is 0.998. The van der Waals surface area contributed by atoms with Gasteiger partial charge in [-0.1, -0.05) is 29.8 Å². The Morgan fingerprint density at radius 3 is 2.53 bits per heavy atom. The molecule has 9 heteroatoms. The summed E-state index contributed by atoms with van der Waals surface area (Å²) in [5, 5.41) is 13.7. The van der Waals surface area contributed by atoms with Gasteiger partial charge in [0.1, 0.15) is 11.9 Å². The summed E-state index contributed by atoms with van der Waals surface area (Å²) in [4.78, 5) is 18.0. The molecule has 0 N–H and O–H groups in total. The van der Waals surface area contributed by atoms with E-state index in [2.05, 4.69) is 21.0 Å². The van der Waals surface area contributed by atoms with Gasteiger partial charge in [0, 0.05) is 16.0 Å². The van der Waals surface area contributed by atoms with Gasteiger partial charge in [-0.3, -0.25) is 4.79 Å². The van der Waals surface area contributed by atoms with Crippen molar-refractivity contribution in [3.8, 4) is 23.3 Å². The van der Waals surface area contributed by atoms with Crippen LogP contribution in [0.3, 0.4) is 0 Å². The van der Waals surface area contributed by atoms with E-state index in [1.807, 2.05) is 32.0 Å². The third kappa shape index (κ3) is 4.75. The van der Waals surface area contributed by atoms with E-state index < -0.39 is 0 Å². The number of benzene rings is 2. The number of fused-ring (bicyclic) bond motifs is 1. The minimum Gasteiger partial charge on any atom is -0.493 e. The molecular weight excluding hydrogens is 476 g/mol. The van der Waals surface area contributed by atoms with Crippen LogP contribution in [-0.2, 0) is 0 Å². The molecule has 166 valence electrons. The molecule has 0 aliphatic carbocycles. The second-order valence-electron chi connectivity index (χ2n) is 7.00. The van der Waals surface area contributed by atoms with Crippen molar-refractivity contribution < 1.29 is 14.2 Å². The zero-order chi connectivity index (χ0) is 23.3. The highest BCUT2D eigenvalue weighted by molar-refractivity contribution is 9.10. The normalized spacial score (nSPS) is 12.0. The Labute approximate surface area is 194 Å². The number of hydrogen-bond donors (Lipinski definition) is 0. The molecule has 1 atom stereocenters. The highest BCUT2D eigenvalue weighted by Crippen LogP contribution is 2.38. The molecule has 0 aliphatic heterocycles. The second kappa shape index (κ2) is 10.3. The van der Waals surface area contributed by atoms with E-state index in [9.17, 15) is 4.79 Å². The fourth-order valence-electron chi connectivity index (χ4n) is 3.12. The van der Waals surface area contributed by atoms with Crippen LogP contribution in [0, 0.1) is 11.3 Å². The number of hydrogen-bond acceptors (Lipinski definition) is 7. The summed E-state index contributed by atoms with van der Waals surface area (Å²) < 4.78 is 18.3. The van der Waals surface area contributed by atoms with E-state index in [0.717, 1.165) is 10.9 Å². The van der Waals surface area contributed by atoms with Crippen molar-refractivity contribution in [2.24, 2.45) is 5.10 Å². The van der Waals surface area contributed by atoms with Gasteiger partial charge in [-0.15, -0.1) is 0 Å². The van der Waals surface area contributed by atoms with Crippen LogP contribution in [-0.4, -0.2) is 36.7 Å². The number of aromatic nitrogens is 2. The largest absolute Gasteiger partial charge is 0.493 e. The third-order valence-electron chi connectivity index (χ3n) is 4.97. The maximum Gasteiger partial charge on any atom is 0.282 e. The fraction of sp³-hybridized carbons (Fsp3) is 0.304. The van der Waals surface area contributed by atoms with Gasteiger partial charge in [0.15, 0.2) is 18.1 Å². The summed E-state index contributed by atoms with van der Waals surface area (Å²) in [6.45, 7) is 3.89. The molecule has 0 spiro atoms. The van der Waals surface area contributed by atoms with E-state index in [-0.39, 0.29) is 18.1 Å². The summed E-state index contributed by atoms with van der Waals surface area (Å²) in [6, 6.07) is 10.7. The minimum atomic E-state index is -0.254. The fourth-order valence-corrected chi connectivity index (χ4v) is 3.49. The molecule has 2 aromatic carbocycles. The van der Waals surface area contributed by atoms with Gasteiger partial charge in [-0.2, -0.15) is 15.0 Å². The molecule has 0 radical (unpaired) electrons. The van der Waals surface area contributed by atoms with Crippen LogP contribution in [0.2, 0.25) is 0 Å². The molecule has 0 unspecified atom stereocenters. The van der Waals surface area contributed by atoms with Crippen molar-refractivity contribution in [2.75, 3.05) is 20.8 Å². The zero-order valence-corrected chi connectivity index (χ0v) is 19.8. The third-order valence-corrected chi connectivity index (χ3v) is 5.47. The van der Waals surface area contributed by atoms with Gasteiger partial charge < -0.3 is 14.2 Å². The van der Waals surface area contributed by atoms with Gasteiger partial charge in [0.2, 0.25) is 5.75 Å². The maximum absolute atomic E-state index is 13.3. The van der Waals surface area contributed by atoms with Gasteiger partial charge in [-0.05, 0) is 36.8 Å². The lowest BCUT2D eigenvalue weighted by Crippen LogP contribution is -2.23. The Bertz CT molecular complexity index is 1240. The molecule has 0 saturated heterocycles. The number of rotatable bonds is 8. The maximum atomic E-state index is 13.3. The monoisotopic (exact) mass is 498 g/mol. The summed E-state index contributed by atoms with van der Waals surface area (Å²) >= 11 is 3.41. The average Bonchev–Trinajstić information content (AvgIpc) is 2.81. The number of methoxy groups -OCH3 is 2. The first kappa shape index (κ1) is 23.3. The van der Waals surface area contributed by atoms with E-state index in [4.69, 9.17) is 24.5 Å². The number of halogens is 1. The second-order valence-corrected chi connectivity index (χ2v) is 7.92. The first-order valence-electron chi connectivity index (χ1n) is 9.95. The van der Waals surface area contributed by atoms with E-state index in [1.54, 1.807) is 18.2 Å². The number of ether oxygens (including phenoxy) is 3. The van der Waals surface area contributed by atoms with Crippen molar-refractivity contribution >= 4 is 33.0 Å². The van der Waals surface area contributed by atoms with Crippen molar-refractivity contribution in [1.29, 1.82) is 5.26 Å². The molecule has 3 aromatic rings. The van der Waals surface area contributed by atoms with Gasteiger partial charge >= 0.3 is 0 Å². The van der Waals surface area contributed by atoms with Gasteiger partial charge in [-0.25, -0.2) is 4.98 Å². The molecule has 1 heterocycles. The lowest BCUT2D eigenvalue weighted by Gasteiger charge is -2.15. The van der Waals surface area contributed by atoms with Gasteiger partial charge in [0.05, 0.1) is 31.3 Å². The van der Waals surface area contributed by atoms with E-state index in [0.29, 0.717) is 39.5 Å². The zero-order valence-electron chi connectivity index (χ0n) is 18.3. The molecule has 0 saturated carbocycles. The molecule has 3 rings (SSSR count). The van der Waals surface area contributed by atoms with Crippen LogP contribution in [0.5, 0.6) is 17.2 Å². The Hall–Kier alpha value is -3.38. The van der Waals surface area contributed by atoms with E-state index >= 15 is 0 Å². The Morgan fingerprint density at radius 2 is 1.94 bits per heavy atom. The number of nitriles is 1. The van der Waals surface area contributed by atoms with Crippen LogP contribution in [0.4, 0.5) is 0 Å². The molecule has 8 nitrogen and oxygen atoms in total. The smallest absolute Gasteiger partial charge is 0.282 e. The topological polar surface area (TPSA) is 98.7 Å². The molecule has 1 aromatic heterocycles. The van der Waals surface area contributed by atoms with Crippen LogP contribution < -0.4 is 19.8 Å². The molecule has 32 heavy (non-hydrogen) atoms. The first-order valence-corrected chi connectivity index (χ1v) is 10.7. The summed E-state index contributed by atoms with van der Waals surface area (Å²) in [7, 11) is 2.98. The van der Waals surface area contributed by atoms with Crippen molar-refractivity contribution in [3.05, 3.63) is 56.5 Å². The Kier molecular flexibility index (Phi) is 7.49. The average molecular weight is 499 g/mol. The van der Waals surface area contributed by atoms with Crippen molar-refractivity contribution in [2.45, 2.75) is 26.2 Å². The summed E-state index contributed by atoms with van der Waals surface area (Å²) in [6.07, 6.45) is 2.34. The van der Waals surface area contributed by atoms with Crippen molar-refractivity contribution in [3.63, 3.8) is 0 Å². The van der Waals surface area contributed by atoms with Crippen LogP contribution >= 0.6 is 15.9 Å². The standard InChI is InChI=1S/C23H23BrN4O4/c1-5-14(2)22-27-18-7-6-16(24)12-17(18)23(29)28(22)26-13-15-10-19(30-3)21(32-9-8-25)20(11-15)31-4/h6-7,10-14H,5,9H2,1-4H3/t14-/m0/s1. The predicted molar refractivity (Wildman–Crippen MR) is 126 cm³/mol. The van der Waals surface area contributed by atoms with Crippen LogP contribution in [0.15, 0.2) is 44.7 Å². The van der Waals surface area contributed by atoms with Crippen molar-refractivity contribution in [1.82, 2.24) is 9.66 Å². The quantitative estimate of drug-likeness (QED) is 0.424. The van der Waals surface area contributed by atoms with Crippen LogP contribution in [0.1, 0.15) is 37.6 Å². The SMILES string of the molecule is CC[C@H](C)c1nc2ccc(Br)cc2c(=O)n1N=Cc1cc(OC)c(OCC#N)c(OC)c1. The Balaban J connectivity index is 2.14. The lowest BCUT2D eigenvalue weighted by atomic mass is 10.1. The lowest BCUT2D eigenvalue weighted by molar-refractivity contribution is 0.303. The molecule has 0 bridgehead atoms. The van der Waals surface area contributed by atoms with E-state index in [1.165, 1.54) is 25.1 Å². The highest BCUT2D eigenvalue weighted by Gasteiger charge is 2.17. The summed E-state index contributed by atoms with van der Waals surface area (Å²) in [5.74, 6) is 1.70. The predicted octanol–water partition coefficient (Wildman–Crippen LogP) is 4.47. The highest BCUT2D eigenvalue weighted by atomic mass is 79.9. The first-order chi connectivity index (χ1) is 15.4. The Morgan fingerprint density at radius 1 is 1.25 bits per heavy atom. The minimum absolute atomic E-state index is 0.0266. The molecule has 0 fully saturated rings. The molecule has 0 aliphatic rings. The number of nitrogens with zero attached hydrogens (tertiary/aromatic N) is 4. The molecule has 0 amide bonds. The molecular formula is C23H23BrN4O4. The van der Waals surface area contributed by atoms with Crippen LogP contribution in [0.25, 0.3) is 10.9 Å².